The summed E-state index contributed by atoms with van der Waals surface area (Å²) in [5, 5.41) is 0. The van der Waals surface area contributed by atoms with E-state index in [0.717, 1.165) is 11.3 Å². The second-order valence-electron chi connectivity index (χ2n) is 5.23. The summed E-state index contributed by atoms with van der Waals surface area (Å²) in [6, 6.07) is 0. The number of amides is 1. The number of nitrogens with zero attached hydrogens (tertiary/aromatic N) is 1. The Hall–Kier alpha value is -0.820. The molecule has 1 fully saturated rings. The van der Waals surface area contributed by atoms with Crippen molar-refractivity contribution < 1.29 is 22.7 Å². The average Bonchev–Trinajstić information content (AvgIpc) is 2.31. The maximum Gasteiger partial charge on any atom is 0.406 e. The summed E-state index contributed by atoms with van der Waals surface area (Å²) in [5.74, 6) is -0.458. The predicted molar refractivity (Wildman–Crippen MR) is 69.1 cm³/mol. The Balaban J connectivity index is 2.63. The maximum absolute atomic E-state index is 12.6. The Bertz CT molecular complexity index is 312. The van der Waals surface area contributed by atoms with Gasteiger partial charge in [-0.15, -0.1) is 0 Å². The van der Waals surface area contributed by atoms with Crippen LogP contribution in [0.15, 0.2) is 0 Å². The molecule has 2 N–H and O–H groups in total. The summed E-state index contributed by atoms with van der Waals surface area (Å²) in [7, 11) is 0. The summed E-state index contributed by atoms with van der Waals surface area (Å²) in [5.41, 5.74) is 4.83. The van der Waals surface area contributed by atoms with E-state index in [1.165, 1.54) is 0 Å². The van der Waals surface area contributed by atoms with Gasteiger partial charge in [-0.2, -0.15) is 13.2 Å². The number of rotatable bonds is 8. The van der Waals surface area contributed by atoms with E-state index < -0.39 is 24.0 Å². The van der Waals surface area contributed by atoms with Crippen molar-refractivity contribution in [3.05, 3.63) is 0 Å². The van der Waals surface area contributed by atoms with E-state index in [-0.39, 0.29) is 13.1 Å². The van der Waals surface area contributed by atoms with Gasteiger partial charge in [0.25, 0.3) is 0 Å². The van der Waals surface area contributed by atoms with Crippen molar-refractivity contribution in [2.75, 3.05) is 32.8 Å². The smallest absolute Gasteiger partial charge is 0.382 e. The molecule has 0 bridgehead atoms. The van der Waals surface area contributed by atoms with Gasteiger partial charge >= 0.3 is 6.18 Å². The third-order valence-electron chi connectivity index (χ3n) is 3.73. The standard InChI is InChI=1S/C13H23F3N2O2/c1-2-20-8-4-7-18(10-13(14,15)16)11(19)12(9-17)5-3-6-12/h2-10,17H2,1H3. The first-order chi connectivity index (χ1) is 9.34. The van der Waals surface area contributed by atoms with Gasteiger partial charge in [-0.1, -0.05) is 6.42 Å². The Morgan fingerprint density at radius 2 is 2.05 bits per heavy atom. The highest BCUT2D eigenvalue weighted by atomic mass is 19.4. The number of ether oxygens (including phenoxy) is 1. The molecule has 1 rings (SSSR count). The molecule has 0 aromatic carbocycles. The van der Waals surface area contributed by atoms with Gasteiger partial charge in [0.1, 0.15) is 6.54 Å². The molecule has 0 unspecified atom stereocenters. The second kappa shape index (κ2) is 7.26. The van der Waals surface area contributed by atoms with E-state index >= 15 is 0 Å². The molecular formula is C13H23F3N2O2. The maximum atomic E-state index is 12.6. The van der Waals surface area contributed by atoms with Crippen molar-refractivity contribution in [1.29, 1.82) is 0 Å². The van der Waals surface area contributed by atoms with Crippen LogP contribution in [0.2, 0.25) is 0 Å². The van der Waals surface area contributed by atoms with Gasteiger partial charge in [-0.25, -0.2) is 0 Å². The Labute approximate surface area is 117 Å². The quantitative estimate of drug-likeness (QED) is 0.696. The normalized spacial score (nSPS) is 17.6. The molecule has 1 aliphatic carbocycles. The van der Waals surface area contributed by atoms with E-state index in [2.05, 4.69) is 0 Å². The van der Waals surface area contributed by atoms with Gasteiger partial charge in [0.05, 0.1) is 5.41 Å². The van der Waals surface area contributed by atoms with E-state index in [1.54, 1.807) is 0 Å². The topological polar surface area (TPSA) is 55.6 Å². The number of halogens is 3. The van der Waals surface area contributed by atoms with Gasteiger partial charge < -0.3 is 15.4 Å². The van der Waals surface area contributed by atoms with Crippen molar-refractivity contribution in [3.8, 4) is 0 Å². The Morgan fingerprint density at radius 1 is 1.40 bits per heavy atom. The van der Waals surface area contributed by atoms with Gasteiger partial charge in [0, 0.05) is 26.3 Å². The van der Waals surface area contributed by atoms with Gasteiger partial charge in [-0.3, -0.25) is 4.79 Å². The third-order valence-corrected chi connectivity index (χ3v) is 3.73. The first-order valence-corrected chi connectivity index (χ1v) is 6.98. The number of hydrogen-bond donors (Lipinski definition) is 1. The van der Waals surface area contributed by atoms with Gasteiger partial charge in [0.2, 0.25) is 5.91 Å². The van der Waals surface area contributed by atoms with Gasteiger partial charge in [-0.05, 0) is 26.2 Å². The summed E-state index contributed by atoms with van der Waals surface area (Å²) >= 11 is 0. The van der Waals surface area contributed by atoms with Crippen LogP contribution in [0.5, 0.6) is 0 Å². The highest BCUT2D eigenvalue weighted by Gasteiger charge is 2.46. The summed E-state index contributed by atoms with van der Waals surface area (Å²) in [6.45, 7) is 1.65. The molecule has 4 nitrogen and oxygen atoms in total. The van der Waals surface area contributed by atoms with Crippen LogP contribution in [0.1, 0.15) is 32.6 Å². The van der Waals surface area contributed by atoms with Crippen LogP contribution >= 0.6 is 0 Å². The number of hydrogen-bond acceptors (Lipinski definition) is 3. The summed E-state index contributed by atoms with van der Waals surface area (Å²) in [4.78, 5) is 13.2. The van der Waals surface area contributed by atoms with E-state index in [4.69, 9.17) is 10.5 Å². The SMILES string of the molecule is CCOCCCN(CC(F)(F)F)C(=O)C1(CN)CCC1. The third kappa shape index (κ3) is 4.63. The lowest BCUT2D eigenvalue weighted by molar-refractivity contribution is -0.171. The minimum Gasteiger partial charge on any atom is -0.382 e. The predicted octanol–water partition coefficient (Wildman–Crippen LogP) is 1.93. The highest BCUT2D eigenvalue weighted by Crippen LogP contribution is 2.42. The molecule has 0 aromatic rings. The zero-order valence-electron chi connectivity index (χ0n) is 11.8. The molecule has 118 valence electrons. The first kappa shape index (κ1) is 17.2. The van der Waals surface area contributed by atoms with Gasteiger partial charge in [0.15, 0.2) is 0 Å². The fraction of sp³-hybridized carbons (Fsp3) is 0.923. The lowest BCUT2D eigenvalue weighted by Gasteiger charge is -2.43. The molecule has 0 atom stereocenters. The minimum atomic E-state index is -4.39. The van der Waals surface area contributed by atoms with Crippen LogP contribution < -0.4 is 5.73 Å². The van der Waals surface area contributed by atoms with Crippen molar-refractivity contribution in [1.82, 2.24) is 4.90 Å². The van der Waals surface area contributed by atoms with Crippen LogP contribution in [-0.4, -0.2) is 49.8 Å². The molecule has 0 saturated heterocycles. The fourth-order valence-corrected chi connectivity index (χ4v) is 2.41. The molecule has 0 aliphatic heterocycles. The molecule has 1 amide bonds. The highest BCUT2D eigenvalue weighted by molar-refractivity contribution is 5.84. The van der Waals surface area contributed by atoms with Crippen molar-refractivity contribution in [2.24, 2.45) is 11.1 Å². The van der Waals surface area contributed by atoms with Crippen LogP contribution in [0.25, 0.3) is 0 Å². The molecule has 0 heterocycles. The van der Waals surface area contributed by atoms with E-state index in [0.29, 0.717) is 32.5 Å². The average molecular weight is 296 g/mol. The molecule has 0 aromatic heterocycles. The van der Waals surface area contributed by atoms with Crippen LogP contribution in [0.3, 0.4) is 0 Å². The van der Waals surface area contributed by atoms with Crippen LogP contribution in [0.4, 0.5) is 13.2 Å². The van der Waals surface area contributed by atoms with E-state index in [1.807, 2.05) is 6.92 Å². The molecule has 0 spiro atoms. The first-order valence-electron chi connectivity index (χ1n) is 6.98. The Kier molecular flexibility index (Phi) is 6.26. The Morgan fingerprint density at radius 3 is 2.45 bits per heavy atom. The van der Waals surface area contributed by atoms with Crippen LogP contribution in [0, 0.1) is 5.41 Å². The monoisotopic (exact) mass is 296 g/mol. The lowest BCUT2D eigenvalue weighted by atomic mass is 9.68. The van der Waals surface area contributed by atoms with Crippen molar-refractivity contribution >= 4 is 5.91 Å². The summed E-state index contributed by atoms with van der Waals surface area (Å²) < 4.78 is 42.9. The number of alkyl halides is 3. The zero-order valence-corrected chi connectivity index (χ0v) is 11.8. The minimum absolute atomic E-state index is 0.0556. The van der Waals surface area contributed by atoms with Crippen molar-refractivity contribution in [2.45, 2.75) is 38.8 Å². The molecule has 1 aliphatic rings. The fourth-order valence-electron chi connectivity index (χ4n) is 2.41. The largest absolute Gasteiger partial charge is 0.406 e. The molecule has 0 radical (unpaired) electrons. The number of carbonyl (C=O) groups is 1. The molecule has 20 heavy (non-hydrogen) atoms. The molecule has 7 heteroatoms. The summed E-state index contributed by atoms with van der Waals surface area (Å²) in [6.07, 6.45) is -1.97. The molecule has 1 saturated carbocycles. The lowest BCUT2D eigenvalue weighted by Crippen LogP contribution is -2.54. The zero-order chi connectivity index (χ0) is 15.2. The number of nitrogens with two attached hydrogens (primary N) is 1. The van der Waals surface area contributed by atoms with Crippen molar-refractivity contribution in [3.63, 3.8) is 0 Å². The number of carbonyl (C=O) groups excluding carboxylic acids is 1. The second-order valence-corrected chi connectivity index (χ2v) is 5.23. The van der Waals surface area contributed by atoms with E-state index in [9.17, 15) is 18.0 Å². The van der Waals surface area contributed by atoms with Crippen LogP contribution in [-0.2, 0) is 9.53 Å². The molecular weight excluding hydrogens is 273 g/mol.